The molecular weight excluding hydrogens is 236 g/mol. The van der Waals surface area contributed by atoms with Crippen LogP contribution in [0.5, 0.6) is 0 Å². The summed E-state index contributed by atoms with van der Waals surface area (Å²) in [4.78, 5) is 4.37. The number of aromatic nitrogens is 3. The molecule has 0 fully saturated rings. The van der Waals surface area contributed by atoms with Crippen LogP contribution >= 0.6 is 0 Å². The Kier molecular flexibility index (Phi) is 4.00. The van der Waals surface area contributed by atoms with E-state index in [4.69, 9.17) is 0 Å². The summed E-state index contributed by atoms with van der Waals surface area (Å²) in [5, 5.41) is 7.90. The molecule has 0 radical (unpaired) electrons. The molecule has 0 aliphatic rings. The zero-order valence-electron chi connectivity index (χ0n) is 12.4. The third kappa shape index (κ3) is 3.20. The molecule has 1 aromatic carbocycles. The van der Waals surface area contributed by atoms with Gasteiger partial charge in [-0.1, -0.05) is 26.0 Å². The molecule has 1 heterocycles. The van der Waals surface area contributed by atoms with Crippen molar-refractivity contribution in [3.05, 3.63) is 41.0 Å². The van der Waals surface area contributed by atoms with E-state index in [1.165, 1.54) is 11.1 Å². The van der Waals surface area contributed by atoms with Crippen LogP contribution in [0.25, 0.3) is 5.69 Å². The van der Waals surface area contributed by atoms with Crippen LogP contribution in [0.1, 0.15) is 36.6 Å². The lowest BCUT2D eigenvalue weighted by Gasteiger charge is -2.12. The molecule has 19 heavy (non-hydrogen) atoms. The molecule has 4 heteroatoms. The lowest BCUT2D eigenvalue weighted by Crippen LogP contribution is -2.22. The molecule has 0 saturated carbocycles. The number of hydrogen-bond donors (Lipinski definition) is 1. The monoisotopic (exact) mass is 258 g/mol. The quantitative estimate of drug-likeness (QED) is 0.917. The standard InChI is InChI=1S/C15H22N4/c1-10(2)16-9-14-7-6-11(3)15(8-14)19-13(5)17-12(4)18-19/h6-8,10,16H,9H2,1-5H3. The fourth-order valence-electron chi connectivity index (χ4n) is 2.06. The average Bonchev–Trinajstić information content (AvgIpc) is 2.67. The summed E-state index contributed by atoms with van der Waals surface area (Å²) in [7, 11) is 0. The molecule has 0 spiro atoms. The van der Waals surface area contributed by atoms with Crippen LogP contribution < -0.4 is 5.32 Å². The Morgan fingerprint density at radius 2 is 1.95 bits per heavy atom. The van der Waals surface area contributed by atoms with Crippen molar-refractivity contribution in [1.29, 1.82) is 0 Å². The highest BCUT2D eigenvalue weighted by Crippen LogP contribution is 2.17. The van der Waals surface area contributed by atoms with Gasteiger partial charge in [-0.05, 0) is 38.0 Å². The van der Waals surface area contributed by atoms with Crippen LogP contribution in [0.3, 0.4) is 0 Å². The van der Waals surface area contributed by atoms with E-state index in [1.54, 1.807) is 0 Å². The second-order valence-corrected chi connectivity index (χ2v) is 5.27. The maximum Gasteiger partial charge on any atom is 0.148 e. The Labute approximate surface area is 114 Å². The SMILES string of the molecule is Cc1nc(C)n(-c2cc(CNC(C)C)ccc2C)n1. The van der Waals surface area contributed by atoms with Crippen molar-refractivity contribution in [1.82, 2.24) is 20.1 Å². The van der Waals surface area contributed by atoms with Crippen LogP contribution in [-0.4, -0.2) is 20.8 Å². The topological polar surface area (TPSA) is 42.7 Å². The number of hydrogen-bond acceptors (Lipinski definition) is 3. The Morgan fingerprint density at radius 1 is 1.21 bits per heavy atom. The van der Waals surface area contributed by atoms with Gasteiger partial charge in [0.15, 0.2) is 0 Å². The minimum absolute atomic E-state index is 0.486. The van der Waals surface area contributed by atoms with Crippen LogP contribution in [-0.2, 0) is 6.54 Å². The lowest BCUT2D eigenvalue weighted by molar-refractivity contribution is 0.588. The van der Waals surface area contributed by atoms with Crippen molar-refractivity contribution >= 4 is 0 Å². The summed E-state index contributed by atoms with van der Waals surface area (Å²) in [6.07, 6.45) is 0. The van der Waals surface area contributed by atoms with E-state index in [-0.39, 0.29) is 0 Å². The Balaban J connectivity index is 2.34. The van der Waals surface area contributed by atoms with Gasteiger partial charge in [-0.3, -0.25) is 0 Å². The van der Waals surface area contributed by atoms with Crippen LogP contribution in [0, 0.1) is 20.8 Å². The van der Waals surface area contributed by atoms with E-state index in [0.717, 1.165) is 23.9 Å². The maximum atomic E-state index is 4.46. The summed E-state index contributed by atoms with van der Waals surface area (Å²) in [5.74, 6) is 1.73. The van der Waals surface area contributed by atoms with E-state index in [2.05, 4.69) is 54.4 Å². The molecular formula is C15H22N4. The summed E-state index contributed by atoms with van der Waals surface area (Å²) < 4.78 is 1.92. The van der Waals surface area contributed by atoms with Gasteiger partial charge in [0, 0.05) is 12.6 Å². The molecule has 0 aliphatic heterocycles. The van der Waals surface area contributed by atoms with Crippen molar-refractivity contribution < 1.29 is 0 Å². The first kappa shape index (κ1) is 13.7. The van der Waals surface area contributed by atoms with E-state index in [9.17, 15) is 0 Å². The third-order valence-corrected chi connectivity index (χ3v) is 3.09. The van der Waals surface area contributed by atoms with Crippen LogP contribution in [0.15, 0.2) is 18.2 Å². The van der Waals surface area contributed by atoms with Gasteiger partial charge in [0.2, 0.25) is 0 Å². The van der Waals surface area contributed by atoms with E-state index < -0.39 is 0 Å². The Morgan fingerprint density at radius 3 is 2.53 bits per heavy atom. The zero-order chi connectivity index (χ0) is 14.0. The number of benzene rings is 1. The van der Waals surface area contributed by atoms with Gasteiger partial charge < -0.3 is 5.32 Å². The van der Waals surface area contributed by atoms with Crippen molar-refractivity contribution in [3.63, 3.8) is 0 Å². The van der Waals surface area contributed by atoms with Crippen molar-refractivity contribution in [2.24, 2.45) is 0 Å². The Bertz CT molecular complexity index is 570. The first-order valence-electron chi connectivity index (χ1n) is 6.71. The van der Waals surface area contributed by atoms with Crippen LogP contribution in [0.2, 0.25) is 0 Å². The normalized spacial score (nSPS) is 11.3. The number of rotatable bonds is 4. The average molecular weight is 258 g/mol. The number of aryl methyl sites for hydroxylation is 3. The molecule has 4 nitrogen and oxygen atoms in total. The van der Waals surface area contributed by atoms with Crippen molar-refractivity contribution in [3.8, 4) is 5.69 Å². The van der Waals surface area contributed by atoms with E-state index in [1.807, 2.05) is 18.5 Å². The minimum Gasteiger partial charge on any atom is -0.310 e. The van der Waals surface area contributed by atoms with Gasteiger partial charge in [0.05, 0.1) is 5.69 Å². The zero-order valence-corrected chi connectivity index (χ0v) is 12.4. The maximum absolute atomic E-state index is 4.46. The second-order valence-electron chi connectivity index (χ2n) is 5.27. The number of nitrogens with zero attached hydrogens (tertiary/aromatic N) is 3. The molecule has 1 N–H and O–H groups in total. The smallest absolute Gasteiger partial charge is 0.148 e. The highest BCUT2D eigenvalue weighted by atomic mass is 15.3. The molecule has 0 saturated heterocycles. The first-order valence-corrected chi connectivity index (χ1v) is 6.71. The van der Waals surface area contributed by atoms with Gasteiger partial charge in [-0.2, -0.15) is 5.10 Å². The second kappa shape index (κ2) is 5.53. The van der Waals surface area contributed by atoms with Crippen LogP contribution in [0.4, 0.5) is 0 Å². The molecule has 102 valence electrons. The van der Waals surface area contributed by atoms with Gasteiger partial charge in [0.25, 0.3) is 0 Å². The fraction of sp³-hybridized carbons (Fsp3) is 0.467. The molecule has 2 aromatic rings. The predicted octanol–water partition coefficient (Wildman–Crippen LogP) is 2.69. The third-order valence-electron chi connectivity index (χ3n) is 3.09. The highest BCUT2D eigenvalue weighted by molar-refractivity contribution is 5.43. The van der Waals surface area contributed by atoms with E-state index in [0.29, 0.717) is 6.04 Å². The molecule has 0 aliphatic carbocycles. The number of nitrogens with one attached hydrogen (secondary N) is 1. The molecule has 2 rings (SSSR count). The van der Waals surface area contributed by atoms with E-state index >= 15 is 0 Å². The first-order chi connectivity index (χ1) is 8.97. The molecule has 0 atom stereocenters. The molecule has 0 amide bonds. The molecule has 0 bridgehead atoms. The summed E-state index contributed by atoms with van der Waals surface area (Å²) >= 11 is 0. The predicted molar refractivity (Wildman–Crippen MR) is 77.5 cm³/mol. The lowest BCUT2D eigenvalue weighted by atomic mass is 10.1. The van der Waals surface area contributed by atoms with Gasteiger partial charge in [0.1, 0.15) is 11.6 Å². The van der Waals surface area contributed by atoms with Gasteiger partial charge >= 0.3 is 0 Å². The fourth-order valence-corrected chi connectivity index (χ4v) is 2.06. The summed E-state index contributed by atoms with van der Waals surface area (Å²) in [6, 6.07) is 6.97. The summed E-state index contributed by atoms with van der Waals surface area (Å²) in [5.41, 5.74) is 3.59. The largest absolute Gasteiger partial charge is 0.310 e. The highest BCUT2D eigenvalue weighted by Gasteiger charge is 2.08. The molecule has 1 aromatic heterocycles. The summed E-state index contributed by atoms with van der Waals surface area (Å²) in [6.45, 7) is 11.2. The van der Waals surface area contributed by atoms with Gasteiger partial charge in [-0.25, -0.2) is 9.67 Å². The minimum atomic E-state index is 0.486. The Hall–Kier alpha value is -1.68. The van der Waals surface area contributed by atoms with Gasteiger partial charge in [-0.15, -0.1) is 0 Å². The molecule has 0 unspecified atom stereocenters. The van der Waals surface area contributed by atoms with Crippen molar-refractivity contribution in [2.75, 3.05) is 0 Å². The van der Waals surface area contributed by atoms with Crippen molar-refractivity contribution in [2.45, 2.75) is 47.2 Å².